The van der Waals surface area contributed by atoms with Crippen molar-refractivity contribution in [3.05, 3.63) is 70.7 Å². The second-order valence-electron chi connectivity index (χ2n) is 6.83. The van der Waals surface area contributed by atoms with Crippen LogP contribution in [0.3, 0.4) is 0 Å². The van der Waals surface area contributed by atoms with Gasteiger partial charge in [0.2, 0.25) is 5.90 Å². The van der Waals surface area contributed by atoms with Crippen molar-refractivity contribution >= 4 is 29.3 Å². The third-order valence-electron chi connectivity index (χ3n) is 4.84. The van der Waals surface area contributed by atoms with E-state index in [1.54, 1.807) is 6.07 Å². The molecule has 0 saturated heterocycles. The summed E-state index contributed by atoms with van der Waals surface area (Å²) < 4.78 is 5.60. The van der Waals surface area contributed by atoms with Crippen LogP contribution in [-0.4, -0.2) is 23.2 Å². The van der Waals surface area contributed by atoms with E-state index in [9.17, 15) is 9.59 Å². The Labute approximate surface area is 164 Å². The van der Waals surface area contributed by atoms with E-state index in [4.69, 9.17) is 21.3 Å². The molecule has 2 aromatic rings. The lowest BCUT2D eigenvalue weighted by Crippen LogP contribution is -2.41. The Morgan fingerprint density at radius 1 is 1.15 bits per heavy atom. The maximum absolute atomic E-state index is 13.1. The molecule has 1 heterocycles. The SMILES string of the molecule is CCC[C@]1([C@H](CC(C)=O)c2ccccc2Cl)N=C(c2ccccc2)OC1=O. The van der Waals surface area contributed by atoms with Crippen LogP contribution < -0.4 is 0 Å². The maximum Gasteiger partial charge on any atom is 0.341 e. The van der Waals surface area contributed by atoms with Gasteiger partial charge < -0.3 is 9.53 Å². The Morgan fingerprint density at radius 2 is 1.81 bits per heavy atom. The molecule has 5 heteroatoms. The number of Topliss-reactive ketones (excluding diaryl/α,β-unsaturated/α-hetero) is 1. The van der Waals surface area contributed by atoms with Crippen LogP contribution in [0.2, 0.25) is 5.02 Å². The number of benzene rings is 2. The van der Waals surface area contributed by atoms with Gasteiger partial charge >= 0.3 is 5.97 Å². The van der Waals surface area contributed by atoms with E-state index < -0.39 is 17.4 Å². The predicted octanol–water partition coefficient (Wildman–Crippen LogP) is 4.95. The average Bonchev–Trinajstić information content (AvgIpc) is 2.99. The van der Waals surface area contributed by atoms with Crippen molar-refractivity contribution in [3.63, 3.8) is 0 Å². The molecule has 0 bridgehead atoms. The first-order valence-electron chi connectivity index (χ1n) is 9.09. The lowest BCUT2D eigenvalue weighted by atomic mass is 9.74. The molecule has 27 heavy (non-hydrogen) atoms. The van der Waals surface area contributed by atoms with Gasteiger partial charge in [0.25, 0.3) is 0 Å². The van der Waals surface area contributed by atoms with Gasteiger partial charge in [0, 0.05) is 22.9 Å². The molecule has 0 unspecified atom stereocenters. The molecule has 0 spiro atoms. The second kappa shape index (κ2) is 8.05. The Kier molecular flexibility index (Phi) is 5.76. The Balaban J connectivity index is 2.15. The zero-order valence-corrected chi connectivity index (χ0v) is 16.2. The van der Waals surface area contributed by atoms with E-state index in [2.05, 4.69) is 0 Å². The molecule has 0 amide bonds. The molecule has 2 aromatic carbocycles. The number of aliphatic imine (C=N–C) groups is 1. The quantitative estimate of drug-likeness (QED) is 0.636. The summed E-state index contributed by atoms with van der Waals surface area (Å²) in [6.07, 6.45) is 1.37. The van der Waals surface area contributed by atoms with Crippen LogP contribution in [0, 0.1) is 0 Å². The third kappa shape index (κ3) is 3.81. The summed E-state index contributed by atoms with van der Waals surface area (Å²) in [7, 11) is 0. The summed E-state index contributed by atoms with van der Waals surface area (Å²) in [5.41, 5.74) is 0.332. The standard InChI is InChI=1S/C22H22ClNO3/c1-3-13-22(18(14-15(2)25)17-11-7-8-12-19(17)23)21(26)27-20(24-22)16-9-5-4-6-10-16/h4-12,18H,3,13-14H2,1-2H3/t18-,22-/m1/s1. The number of hydrogen-bond donors (Lipinski definition) is 0. The summed E-state index contributed by atoms with van der Waals surface area (Å²) in [5.74, 6) is -0.618. The number of carbonyl (C=O) groups excluding carboxylic acids is 2. The van der Waals surface area contributed by atoms with Crippen molar-refractivity contribution in [2.75, 3.05) is 0 Å². The maximum atomic E-state index is 13.1. The molecular formula is C22H22ClNO3. The van der Waals surface area contributed by atoms with E-state index in [1.807, 2.05) is 55.5 Å². The summed E-state index contributed by atoms with van der Waals surface area (Å²) in [5, 5.41) is 0.524. The van der Waals surface area contributed by atoms with E-state index in [0.717, 1.165) is 17.5 Å². The van der Waals surface area contributed by atoms with Crippen LogP contribution in [0.25, 0.3) is 0 Å². The van der Waals surface area contributed by atoms with Gasteiger partial charge in [-0.05, 0) is 37.1 Å². The molecule has 0 fully saturated rings. The van der Waals surface area contributed by atoms with Crippen molar-refractivity contribution in [1.82, 2.24) is 0 Å². The first-order valence-corrected chi connectivity index (χ1v) is 9.47. The van der Waals surface area contributed by atoms with Gasteiger partial charge in [-0.2, -0.15) is 0 Å². The summed E-state index contributed by atoms with van der Waals surface area (Å²) in [4.78, 5) is 29.9. The van der Waals surface area contributed by atoms with Crippen LogP contribution in [-0.2, 0) is 14.3 Å². The lowest BCUT2D eigenvalue weighted by Gasteiger charge is -2.31. The number of rotatable bonds is 7. The highest BCUT2D eigenvalue weighted by Crippen LogP contribution is 2.44. The van der Waals surface area contributed by atoms with Crippen molar-refractivity contribution < 1.29 is 14.3 Å². The zero-order valence-electron chi connectivity index (χ0n) is 15.4. The first-order chi connectivity index (χ1) is 13.0. The number of cyclic esters (lactones) is 1. The van der Waals surface area contributed by atoms with Gasteiger partial charge in [-0.15, -0.1) is 0 Å². The smallest absolute Gasteiger partial charge is 0.341 e. The Hall–Kier alpha value is -2.46. The highest BCUT2D eigenvalue weighted by atomic mass is 35.5. The predicted molar refractivity (Wildman–Crippen MR) is 106 cm³/mol. The normalized spacial score (nSPS) is 20.1. The number of ether oxygens (including phenoxy) is 1. The van der Waals surface area contributed by atoms with Crippen LogP contribution in [0.1, 0.15) is 50.2 Å². The van der Waals surface area contributed by atoms with Crippen LogP contribution >= 0.6 is 11.6 Å². The average molecular weight is 384 g/mol. The topological polar surface area (TPSA) is 55.7 Å². The molecule has 0 radical (unpaired) electrons. The Morgan fingerprint density at radius 3 is 2.44 bits per heavy atom. The molecule has 2 atom stereocenters. The first kappa shape index (κ1) is 19.3. The van der Waals surface area contributed by atoms with Crippen LogP contribution in [0.15, 0.2) is 59.6 Å². The molecule has 1 aliphatic heterocycles. The van der Waals surface area contributed by atoms with Gasteiger partial charge in [0.1, 0.15) is 5.78 Å². The number of ketones is 1. The number of nitrogens with zero attached hydrogens (tertiary/aromatic N) is 1. The molecule has 0 saturated carbocycles. The zero-order chi connectivity index (χ0) is 19.4. The minimum atomic E-state index is -1.16. The van der Waals surface area contributed by atoms with Crippen molar-refractivity contribution in [2.24, 2.45) is 4.99 Å². The fourth-order valence-electron chi connectivity index (χ4n) is 3.64. The molecule has 0 aromatic heterocycles. The summed E-state index contributed by atoms with van der Waals surface area (Å²) in [6.45, 7) is 3.51. The Bertz CT molecular complexity index is 878. The van der Waals surface area contributed by atoms with Gasteiger partial charge in [-0.3, -0.25) is 0 Å². The van der Waals surface area contributed by atoms with E-state index in [-0.39, 0.29) is 12.2 Å². The summed E-state index contributed by atoms with van der Waals surface area (Å²) in [6, 6.07) is 16.6. The molecule has 0 N–H and O–H groups in total. The van der Waals surface area contributed by atoms with Crippen molar-refractivity contribution in [1.29, 1.82) is 0 Å². The number of carbonyl (C=O) groups is 2. The van der Waals surface area contributed by atoms with Crippen molar-refractivity contribution in [2.45, 2.75) is 44.6 Å². The van der Waals surface area contributed by atoms with Crippen molar-refractivity contribution in [3.8, 4) is 0 Å². The fraction of sp³-hybridized carbons (Fsp3) is 0.318. The second-order valence-corrected chi connectivity index (χ2v) is 7.23. The molecule has 140 valence electrons. The van der Waals surface area contributed by atoms with Crippen LogP contribution in [0.5, 0.6) is 0 Å². The number of hydrogen-bond acceptors (Lipinski definition) is 4. The molecule has 3 rings (SSSR count). The van der Waals surface area contributed by atoms with E-state index in [1.165, 1.54) is 6.92 Å². The van der Waals surface area contributed by atoms with Gasteiger partial charge in [-0.1, -0.05) is 61.3 Å². The largest absolute Gasteiger partial charge is 0.405 e. The fourth-order valence-corrected chi connectivity index (χ4v) is 3.91. The van der Waals surface area contributed by atoms with Gasteiger partial charge in [0.05, 0.1) is 0 Å². The minimum Gasteiger partial charge on any atom is -0.405 e. The third-order valence-corrected chi connectivity index (χ3v) is 5.19. The number of esters is 1. The summed E-state index contributed by atoms with van der Waals surface area (Å²) >= 11 is 6.43. The van der Waals surface area contributed by atoms with E-state index >= 15 is 0 Å². The monoisotopic (exact) mass is 383 g/mol. The van der Waals surface area contributed by atoms with Crippen LogP contribution in [0.4, 0.5) is 0 Å². The van der Waals surface area contributed by atoms with E-state index in [0.29, 0.717) is 17.3 Å². The highest BCUT2D eigenvalue weighted by molar-refractivity contribution is 6.31. The molecule has 4 nitrogen and oxygen atoms in total. The minimum absolute atomic E-state index is 0.0217. The van der Waals surface area contributed by atoms with Gasteiger partial charge in [0.15, 0.2) is 5.54 Å². The highest BCUT2D eigenvalue weighted by Gasteiger charge is 2.52. The lowest BCUT2D eigenvalue weighted by molar-refractivity contribution is -0.140. The molecule has 1 aliphatic rings. The molecular weight excluding hydrogens is 362 g/mol. The number of halogens is 1. The van der Waals surface area contributed by atoms with Gasteiger partial charge in [-0.25, -0.2) is 9.79 Å². The molecule has 0 aliphatic carbocycles.